The summed E-state index contributed by atoms with van der Waals surface area (Å²) in [5, 5.41) is 14.8. The Balaban J connectivity index is -0.0000000450. The molecule has 0 saturated heterocycles. The Morgan fingerprint density at radius 1 is 1.33 bits per heavy atom. The van der Waals surface area contributed by atoms with Gasteiger partial charge >= 0.3 is 17.1 Å². The van der Waals surface area contributed by atoms with E-state index in [0.29, 0.717) is 0 Å². The van der Waals surface area contributed by atoms with Gasteiger partial charge in [-0.05, 0) is 0 Å². The Hall–Kier alpha value is -0.321. The summed E-state index contributed by atoms with van der Waals surface area (Å²) in [6.07, 6.45) is 0. The van der Waals surface area contributed by atoms with Crippen LogP contribution in [0.25, 0.3) is 0 Å². The predicted octanol–water partition coefficient (Wildman–Crippen LogP) is -0.418. The van der Waals surface area contributed by atoms with E-state index in [1.165, 1.54) is 0 Å². The number of hydrogen-bond acceptors (Lipinski definition) is 4. The molecular formula is HCuNO4. The molecule has 1 radical (unpaired) electrons. The topological polar surface area (TPSA) is 96.2 Å². The number of hydrogen-bond donors (Lipinski definition) is 0. The van der Waals surface area contributed by atoms with E-state index in [1.807, 2.05) is 0 Å². The van der Waals surface area contributed by atoms with Gasteiger partial charge in [-0.3, -0.25) is 0 Å². The van der Waals surface area contributed by atoms with E-state index in [2.05, 4.69) is 0 Å². The Morgan fingerprint density at radius 3 is 1.33 bits per heavy atom. The molecule has 41 valence electrons. The second kappa shape index (κ2) is 8.82. The first-order chi connectivity index (χ1) is 1.73. The molecule has 0 unspecified atom stereocenters. The zero-order chi connectivity index (χ0) is 3.58. The Labute approximate surface area is 43.9 Å². The van der Waals surface area contributed by atoms with E-state index in [1.54, 1.807) is 0 Å². The monoisotopic (exact) mass is 142 g/mol. The SMILES string of the molecule is O=[N+]([O-])[O-].[Cu+2].[OH-]. The van der Waals surface area contributed by atoms with Gasteiger partial charge < -0.3 is 20.8 Å². The largest absolute Gasteiger partial charge is 2.00 e. The maximum atomic E-state index is 8.25. The van der Waals surface area contributed by atoms with Crippen molar-refractivity contribution in [1.29, 1.82) is 0 Å². The third-order valence-electron chi connectivity index (χ3n) is 0. The average Bonchev–Trinajstić information content (AvgIpc) is 0.811. The minimum absolute atomic E-state index is 0. The summed E-state index contributed by atoms with van der Waals surface area (Å²) in [6, 6.07) is 0. The van der Waals surface area contributed by atoms with E-state index in [9.17, 15) is 0 Å². The molecule has 0 aliphatic rings. The van der Waals surface area contributed by atoms with Gasteiger partial charge in [0.2, 0.25) is 0 Å². The number of rotatable bonds is 0. The maximum Gasteiger partial charge on any atom is 2.00 e. The summed E-state index contributed by atoms with van der Waals surface area (Å²) in [6.45, 7) is 0. The Kier molecular flexibility index (Phi) is 25.5. The molecule has 0 aliphatic carbocycles. The van der Waals surface area contributed by atoms with Crippen LogP contribution in [-0.4, -0.2) is 10.6 Å². The minimum atomic E-state index is -1.75. The van der Waals surface area contributed by atoms with Crippen molar-refractivity contribution >= 4 is 0 Å². The van der Waals surface area contributed by atoms with Crippen LogP contribution in [0, 0.1) is 15.3 Å². The van der Waals surface area contributed by atoms with E-state index in [-0.39, 0.29) is 22.5 Å². The smallest absolute Gasteiger partial charge is 0.870 e. The van der Waals surface area contributed by atoms with Crippen LogP contribution >= 0.6 is 0 Å². The minimum Gasteiger partial charge on any atom is -0.870 e. The van der Waals surface area contributed by atoms with E-state index in [4.69, 9.17) is 15.3 Å². The molecule has 0 amide bonds. The Morgan fingerprint density at radius 2 is 1.33 bits per heavy atom. The molecule has 0 atom stereocenters. The van der Waals surface area contributed by atoms with Gasteiger partial charge in [-0.25, -0.2) is 0 Å². The number of nitrogens with zero attached hydrogens (tertiary/aromatic N) is 1. The molecule has 0 aromatic carbocycles. The maximum absolute atomic E-state index is 8.25. The zero-order valence-corrected chi connectivity index (χ0v) is 3.36. The van der Waals surface area contributed by atoms with Crippen molar-refractivity contribution in [3.8, 4) is 0 Å². The van der Waals surface area contributed by atoms with Gasteiger partial charge in [0.1, 0.15) is 0 Å². The van der Waals surface area contributed by atoms with Crippen LogP contribution in [0.1, 0.15) is 0 Å². The van der Waals surface area contributed by atoms with Crippen LogP contribution in [-0.2, 0) is 17.1 Å². The van der Waals surface area contributed by atoms with Crippen molar-refractivity contribution in [2.75, 3.05) is 0 Å². The van der Waals surface area contributed by atoms with Crippen molar-refractivity contribution < 1.29 is 27.6 Å². The van der Waals surface area contributed by atoms with Crippen molar-refractivity contribution in [2.24, 2.45) is 0 Å². The van der Waals surface area contributed by atoms with Crippen molar-refractivity contribution in [3.63, 3.8) is 0 Å². The molecule has 0 aromatic heterocycles. The van der Waals surface area contributed by atoms with Gasteiger partial charge in [-0.2, -0.15) is 0 Å². The first kappa shape index (κ1) is 17.3. The van der Waals surface area contributed by atoms with Crippen LogP contribution in [0.4, 0.5) is 0 Å². The molecule has 0 aromatic rings. The summed E-state index contributed by atoms with van der Waals surface area (Å²) < 4.78 is 0. The van der Waals surface area contributed by atoms with Gasteiger partial charge in [0.05, 0.1) is 5.09 Å². The van der Waals surface area contributed by atoms with Crippen molar-refractivity contribution in [3.05, 3.63) is 15.3 Å². The first-order valence-electron chi connectivity index (χ1n) is 0.548. The summed E-state index contributed by atoms with van der Waals surface area (Å²) in [5.41, 5.74) is 0. The summed E-state index contributed by atoms with van der Waals surface area (Å²) >= 11 is 0. The molecule has 0 saturated carbocycles. The fourth-order valence-electron chi connectivity index (χ4n) is 0. The molecule has 6 heteroatoms. The van der Waals surface area contributed by atoms with Crippen molar-refractivity contribution in [2.45, 2.75) is 0 Å². The molecule has 0 aliphatic heterocycles. The fourth-order valence-corrected chi connectivity index (χ4v) is 0. The second-order valence-corrected chi connectivity index (χ2v) is 0.224. The molecule has 0 heterocycles. The van der Waals surface area contributed by atoms with E-state index >= 15 is 0 Å². The average molecular weight is 143 g/mol. The fraction of sp³-hybridized carbons (Fsp3) is 0. The normalized spacial score (nSPS) is 4.00. The molecule has 0 rings (SSSR count). The van der Waals surface area contributed by atoms with Gasteiger partial charge in [-0.15, -0.1) is 0 Å². The van der Waals surface area contributed by atoms with Gasteiger partial charge in [-0.1, -0.05) is 0 Å². The molecule has 0 fully saturated rings. The molecule has 0 bridgehead atoms. The van der Waals surface area contributed by atoms with Crippen LogP contribution < -0.4 is 0 Å². The van der Waals surface area contributed by atoms with Gasteiger partial charge in [0, 0.05) is 0 Å². The summed E-state index contributed by atoms with van der Waals surface area (Å²) in [5.74, 6) is 0. The van der Waals surface area contributed by atoms with Crippen LogP contribution in [0.2, 0.25) is 0 Å². The van der Waals surface area contributed by atoms with E-state index < -0.39 is 5.09 Å². The molecular weight excluding hydrogens is 142 g/mol. The third-order valence-corrected chi connectivity index (χ3v) is 0. The predicted molar refractivity (Wildman–Crippen MR) is 12.3 cm³/mol. The third kappa shape index (κ3) is 257. The molecule has 0 spiro atoms. The van der Waals surface area contributed by atoms with Crippen LogP contribution in [0.15, 0.2) is 0 Å². The van der Waals surface area contributed by atoms with Gasteiger partial charge in [0.15, 0.2) is 0 Å². The van der Waals surface area contributed by atoms with Gasteiger partial charge in [0.25, 0.3) is 0 Å². The molecule has 5 nitrogen and oxygen atoms in total. The van der Waals surface area contributed by atoms with Crippen LogP contribution in [0.3, 0.4) is 0 Å². The quantitative estimate of drug-likeness (QED) is 0.261. The summed E-state index contributed by atoms with van der Waals surface area (Å²) in [7, 11) is 0. The first-order valence-corrected chi connectivity index (χ1v) is 0.548. The van der Waals surface area contributed by atoms with E-state index in [0.717, 1.165) is 0 Å². The van der Waals surface area contributed by atoms with Crippen LogP contribution in [0.5, 0.6) is 0 Å². The Bertz CT molecular complexity index is 30.5. The summed E-state index contributed by atoms with van der Waals surface area (Å²) in [4.78, 5) is 8.25. The second-order valence-electron chi connectivity index (χ2n) is 0.224. The standard InChI is InChI=1S/Cu.NO3.H2O/c;2-1(3)4;/h;;1H2/q+2;-1;/p-1. The molecule has 6 heavy (non-hydrogen) atoms. The zero-order valence-electron chi connectivity index (χ0n) is 2.42. The molecule has 1 N–H and O–H groups in total. The van der Waals surface area contributed by atoms with Crippen molar-refractivity contribution in [1.82, 2.24) is 0 Å².